The maximum absolute atomic E-state index is 4.51. The minimum absolute atomic E-state index is 0.688. The van der Waals surface area contributed by atoms with Gasteiger partial charge in [-0.05, 0) is 25.1 Å². The zero-order valence-electron chi connectivity index (χ0n) is 11.1. The smallest absolute Gasteiger partial charge is 0.231 e. The molecule has 1 heterocycles. The fourth-order valence-corrected chi connectivity index (χ4v) is 1.80. The van der Waals surface area contributed by atoms with Gasteiger partial charge in [0.15, 0.2) is 0 Å². The Bertz CT molecular complexity index is 525. The number of rotatable bonds is 6. The Labute approximate surface area is 113 Å². The molecule has 0 bridgehead atoms. The Morgan fingerprint density at radius 3 is 2.74 bits per heavy atom. The quantitative estimate of drug-likeness (QED) is 0.803. The molecule has 0 amide bonds. The molecule has 2 aromatic rings. The average Bonchev–Trinajstić information content (AvgIpc) is 2.47. The van der Waals surface area contributed by atoms with Crippen LogP contribution >= 0.6 is 0 Å². The molecule has 0 radical (unpaired) electrons. The number of anilines is 3. The van der Waals surface area contributed by atoms with Crippen LogP contribution in [0.15, 0.2) is 55.3 Å². The Balaban J connectivity index is 2.26. The number of aromatic nitrogens is 2. The summed E-state index contributed by atoms with van der Waals surface area (Å²) in [5, 5.41) is 3.17. The highest BCUT2D eigenvalue weighted by molar-refractivity contribution is 5.58. The molecule has 98 valence electrons. The predicted octanol–water partition coefficient (Wildman–Crippen LogP) is 3.23. The maximum Gasteiger partial charge on any atom is 0.231 e. The molecule has 0 unspecified atom stereocenters. The van der Waals surface area contributed by atoms with Crippen LogP contribution in [0.3, 0.4) is 0 Å². The molecular formula is C15H18N4. The Kier molecular flexibility index (Phi) is 4.50. The lowest BCUT2D eigenvalue weighted by molar-refractivity contribution is 0.946. The number of hydrogen-bond donors (Lipinski definition) is 1. The highest BCUT2D eigenvalue weighted by atomic mass is 15.3. The van der Waals surface area contributed by atoms with E-state index < -0.39 is 0 Å². The van der Waals surface area contributed by atoms with Gasteiger partial charge in [0, 0.05) is 25.0 Å². The van der Waals surface area contributed by atoms with E-state index in [4.69, 9.17) is 0 Å². The molecule has 1 N–H and O–H groups in total. The van der Waals surface area contributed by atoms with Crippen LogP contribution in [-0.2, 0) is 0 Å². The Hall–Kier alpha value is -2.36. The van der Waals surface area contributed by atoms with Gasteiger partial charge in [0.2, 0.25) is 5.95 Å². The third-order valence-electron chi connectivity index (χ3n) is 2.70. The molecule has 19 heavy (non-hydrogen) atoms. The largest absolute Gasteiger partial charge is 0.366 e. The fraction of sp³-hybridized carbons (Fsp3) is 0.200. The third kappa shape index (κ3) is 3.31. The van der Waals surface area contributed by atoms with Gasteiger partial charge in [-0.3, -0.25) is 0 Å². The highest BCUT2D eigenvalue weighted by Crippen LogP contribution is 2.21. The summed E-state index contributed by atoms with van der Waals surface area (Å²) in [7, 11) is 0. The molecule has 1 aromatic carbocycles. The van der Waals surface area contributed by atoms with E-state index in [1.807, 2.05) is 24.3 Å². The second kappa shape index (κ2) is 6.54. The van der Waals surface area contributed by atoms with Gasteiger partial charge in [0.25, 0.3) is 0 Å². The lowest BCUT2D eigenvalue weighted by Crippen LogP contribution is -2.19. The summed E-state index contributed by atoms with van der Waals surface area (Å²) >= 11 is 0. The summed E-state index contributed by atoms with van der Waals surface area (Å²) in [6, 6.07) is 12.0. The van der Waals surface area contributed by atoms with E-state index in [1.54, 1.807) is 12.3 Å². The normalized spacial score (nSPS) is 9.95. The van der Waals surface area contributed by atoms with E-state index in [9.17, 15) is 0 Å². The van der Waals surface area contributed by atoms with Crippen molar-refractivity contribution in [3.63, 3.8) is 0 Å². The first-order valence-electron chi connectivity index (χ1n) is 6.35. The molecule has 0 saturated heterocycles. The fourth-order valence-electron chi connectivity index (χ4n) is 1.80. The van der Waals surface area contributed by atoms with Crippen molar-refractivity contribution in [2.24, 2.45) is 0 Å². The van der Waals surface area contributed by atoms with Crippen LogP contribution in [0.1, 0.15) is 6.92 Å². The van der Waals surface area contributed by atoms with E-state index >= 15 is 0 Å². The predicted molar refractivity (Wildman–Crippen MR) is 79.8 cm³/mol. The standard InChI is InChI=1S/C15H18N4/c1-3-11-16-14-10-12-17-15(18-14)19(4-2)13-8-6-5-7-9-13/h3,5-10,12H,1,4,11H2,2H3,(H,16,17,18). The van der Waals surface area contributed by atoms with Crippen LogP contribution in [0, 0.1) is 0 Å². The van der Waals surface area contributed by atoms with Gasteiger partial charge in [-0.1, -0.05) is 24.3 Å². The van der Waals surface area contributed by atoms with Crippen molar-refractivity contribution in [1.82, 2.24) is 9.97 Å². The molecule has 0 aliphatic rings. The molecule has 0 aliphatic heterocycles. The minimum Gasteiger partial charge on any atom is -0.366 e. The summed E-state index contributed by atoms with van der Waals surface area (Å²) in [6.45, 7) is 7.27. The van der Waals surface area contributed by atoms with Crippen LogP contribution in [0.25, 0.3) is 0 Å². The van der Waals surface area contributed by atoms with Crippen molar-refractivity contribution in [3.8, 4) is 0 Å². The first kappa shape index (κ1) is 13.1. The molecule has 0 aliphatic carbocycles. The van der Waals surface area contributed by atoms with Crippen molar-refractivity contribution < 1.29 is 0 Å². The van der Waals surface area contributed by atoms with Crippen LogP contribution in [0.5, 0.6) is 0 Å². The SMILES string of the molecule is C=CCNc1ccnc(N(CC)c2ccccc2)n1. The second-order valence-corrected chi connectivity index (χ2v) is 3.99. The van der Waals surface area contributed by atoms with Crippen molar-refractivity contribution in [1.29, 1.82) is 0 Å². The maximum atomic E-state index is 4.51. The van der Waals surface area contributed by atoms with Gasteiger partial charge in [-0.2, -0.15) is 4.98 Å². The summed E-state index contributed by atoms with van der Waals surface area (Å²) in [6.07, 6.45) is 3.57. The minimum atomic E-state index is 0.688. The molecular weight excluding hydrogens is 236 g/mol. The Morgan fingerprint density at radius 1 is 1.26 bits per heavy atom. The van der Waals surface area contributed by atoms with Gasteiger partial charge < -0.3 is 10.2 Å². The number of nitrogens with one attached hydrogen (secondary N) is 1. The van der Waals surface area contributed by atoms with E-state index in [0.717, 1.165) is 18.1 Å². The van der Waals surface area contributed by atoms with Crippen molar-refractivity contribution >= 4 is 17.5 Å². The lowest BCUT2D eigenvalue weighted by atomic mass is 10.3. The molecule has 0 atom stereocenters. The monoisotopic (exact) mass is 254 g/mol. The van der Waals surface area contributed by atoms with Crippen molar-refractivity contribution in [2.75, 3.05) is 23.3 Å². The Morgan fingerprint density at radius 2 is 2.05 bits per heavy atom. The number of hydrogen-bond acceptors (Lipinski definition) is 4. The summed E-state index contributed by atoms with van der Waals surface area (Å²) in [5.74, 6) is 1.50. The summed E-state index contributed by atoms with van der Waals surface area (Å²) < 4.78 is 0. The average molecular weight is 254 g/mol. The number of nitrogens with zero attached hydrogens (tertiary/aromatic N) is 3. The van der Waals surface area contributed by atoms with Crippen LogP contribution in [0.2, 0.25) is 0 Å². The third-order valence-corrected chi connectivity index (χ3v) is 2.70. The van der Waals surface area contributed by atoms with Crippen LogP contribution in [0.4, 0.5) is 17.5 Å². The van der Waals surface area contributed by atoms with Gasteiger partial charge in [0.05, 0.1) is 0 Å². The van der Waals surface area contributed by atoms with Gasteiger partial charge >= 0.3 is 0 Å². The highest BCUT2D eigenvalue weighted by Gasteiger charge is 2.09. The van der Waals surface area contributed by atoms with Gasteiger partial charge in [-0.15, -0.1) is 6.58 Å². The van der Waals surface area contributed by atoms with Crippen molar-refractivity contribution in [3.05, 3.63) is 55.3 Å². The number of para-hydroxylation sites is 1. The topological polar surface area (TPSA) is 41.1 Å². The zero-order valence-corrected chi connectivity index (χ0v) is 11.1. The molecule has 1 aromatic heterocycles. The van der Waals surface area contributed by atoms with Crippen molar-refractivity contribution in [2.45, 2.75) is 6.92 Å². The molecule has 0 fully saturated rings. The summed E-state index contributed by atoms with van der Waals surface area (Å²) in [5.41, 5.74) is 1.09. The zero-order chi connectivity index (χ0) is 13.5. The van der Waals surface area contributed by atoms with Crippen LogP contribution < -0.4 is 10.2 Å². The van der Waals surface area contributed by atoms with E-state index in [1.165, 1.54) is 0 Å². The van der Waals surface area contributed by atoms with E-state index in [2.05, 4.69) is 45.8 Å². The molecule has 0 spiro atoms. The van der Waals surface area contributed by atoms with Gasteiger partial charge in [0.1, 0.15) is 5.82 Å². The summed E-state index contributed by atoms with van der Waals surface area (Å²) in [4.78, 5) is 10.9. The molecule has 0 saturated carbocycles. The first-order chi connectivity index (χ1) is 9.35. The van der Waals surface area contributed by atoms with Gasteiger partial charge in [-0.25, -0.2) is 4.98 Å². The molecule has 4 heteroatoms. The second-order valence-electron chi connectivity index (χ2n) is 3.99. The van der Waals surface area contributed by atoms with E-state index in [0.29, 0.717) is 12.5 Å². The first-order valence-corrected chi connectivity index (χ1v) is 6.35. The van der Waals surface area contributed by atoms with Crippen LogP contribution in [-0.4, -0.2) is 23.1 Å². The van der Waals surface area contributed by atoms with E-state index in [-0.39, 0.29) is 0 Å². The lowest BCUT2D eigenvalue weighted by Gasteiger charge is -2.21. The molecule has 4 nitrogen and oxygen atoms in total. The molecule has 2 rings (SSSR count). The number of benzene rings is 1.